The molecule has 1 aliphatic heterocycles. The Hall–Kier alpha value is -3.81. The average molecular weight is 418 g/mol. The van der Waals surface area contributed by atoms with Crippen LogP contribution in [-0.2, 0) is 13.0 Å². The Morgan fingerprint density at radius 1 is 1.06 bits per heavy atom. The molecule has 5 rings (SSSR count). The number of halogens is 1. The van der Waals surface area contributed by atoms with Gasteiger partial charge in [0.1, 0.15) is 22.8 Å². The highest BCUT2D eigenvalue weighted by Crippen LogP contribution is 2.27. The molecule has 31 heavy (non-hydrogen) atoms. The first-order valence-corrected chi connectivity index (χ1v) is 10.2. The van der Waals surface area contributed by atoms with Gasteiger partial charge in [-0.15, -0.1) is 10.2 Å². The summed E-state index contributed by atoms with van der Waals surface area (Å²) in [7, 11) is 0. The fourth-order valence-electron chi connectivity index (χ4n) is 3.88. The first-order chi connectivity index (χ1) is 15.1. The molecule has 0 bridgehead atoms. The second-order valence-electron chi connectivity index (χ2n) is 7.54. The van der Waals surface area contributed by atoms with E-state index in [-0.39, 0.29) is 11.1 Å². The molecular formula is C23H19FN4O3. The number of fused-ring (bicyclic) bond motifs is 2. The third-order valence-electron chi connectivity index (χ3n) is 5.46. The number of aromatic nitrogens is 3. The molecular weight excluding hydrogens is 399 g/mol. The van der Waals surface area contributed by atoms with Gasteiger partial charge in [0.2, 0.25) is 0 Å². The molecule has 2 aromatic heterocycles. The number of hydrogen-bond acceptors (Lipinski definition) is 5. The van der Waals surface area contributed by atoms with E-state index in [1.165, 1.54) is 24.3 Å². The Balaban J connectivity index is 1.48. The van der Waals surface area contributed by atoms with Gasteiger partial charge in [-0.25, -0.2) is 9.18 Å². The lowest BCUT2D eigenvalue weighted by molar-refractivity contribution is 0.102. The van der Waals surface area contributed by atoms with Crippen molar-refractivity contribution in [3.05, 3.63) is 76.2 Å². The van der Waals surface area contributed by atoms with Crippen LogP contribution in [0, 0.1) is 5.82 Å². The van der Waals surface area contributed by atoms with E-state index < -0.39 is 17.3 Å². The van der Waals surface area contributed by atoms with E-state index in [4.69, 9.17) is 4.42 Å². The summed E-state index contributed by atoms with van der Waals surface area (Å²) in [5.74, 6) is 0.200. The van der Waals surface area contributed by atoms with Crippen molar-refractivity contribution in [1.82, 2.24) is 14.8 Å². The van der Waals surface area contributed by atoms with Crippen molar-refractivity contribution in [2.45, 2.75) is 32.2 Å². The third-order valence-corrected chi connectivity index (χ3v) is 5.46. The van der Waals surface area contributed by atoms with Crippen LogP contribution in [-0.4, -0.2) is 20.7 Å². The number of hydrogen-bond donors (Lipinski definition) is 1. The Morgan fingerprint density at radius 3 is 2.84 bits per heavy atom. The summed E-state index contributed by atoms with van der Waals surface area (Å²) in [6.07, 6.45) is 3.91. The monoisotopic (exact) mass is 418 g/mol. The fourth-order valence-corrected chi connectivity index (χ4v) is 3.88. The summed E-state index contributed by atoms with van der Waals surface area (Å²) < 4.78 is 21.8. The number of carbonyl (C=O) groups excluding carboxylic acids is 1. The standard InChI is InChI=1S/C23H19FN4O3/c24-18-10-9-15(13-16(18)21-27-26-20-8-2-1-5-11-28(20)21)25-22(29)17-12-14-6-3-4-7-19(14)31-23(17)30/h3-4,6-7,9-10,12-13H,1-2,5,8,11H2,(H,25,29). The zero-order chi connectivity index (χ0) is 21.4. The average Bonchev–Trinajstić information content (AvgIpc) is 3.02. The Morgan fingerprint density at radius 2 is 1.94 bits per heavy atom. The number of rotatable bonds is 3. The molecule has 156 valence electrons. The van der Waals surface area contributed by atoms with Gasteiger partial charge in [0, 0.05) is 24.0 Å². The second kappa shape index (κ2) is 7.79. The summed E-state index contributed by atoms with van der Waals surface area (Å²) in [6, 6.07) is 12.7. The molecule has 8 heteroatoms. The van der Waals surface area contributed by atoms with Crippen molar-refractivity contribution in [2.75, 3.05) is 5.32 Å². The van der Waals surface area contributed by atoms with Crippen LogP contribution in [0.3, 0.4) is 0 Å². The van der Waals surface area contributed by atoms with Gasteiger partial charge in [0.05, 0.1) is 5.56 Å². The Bertz CT molecular complexity index is 1360. The minimum atomic E-state index is -0.735. The van der Waals surface area contributed by atoms with Crippen LogP contribution in [0.2, 0.25) is 0 Å². The summed E-state index contributed by atoms with van der Waals surface area (Å²) in [5, 5.41) is 11.7. The zero-order valence-corrected chi connectivity index (χ0v) is 16.6. The van der Waals surface area contributed by atoms with Crippen LogP contribution in [0.5, 0.6) is 0 Å². The first-order valence-electron chi connectivity index (χ1n) is 10.2. The maximum atomic E-state index is 14.6. The van der Waals surface area contributed by atoms with Gasteiger partial charge in [-0.1, -0.05) is 24.6 Å². The molecule has 0 unspecified atom stereocenters. The minimum Gasteiger partial charge on any atom is -0.422 e. The predicted molar refractivity (Wildman–Crippen MR) is 113 cm³/mol. The highest BCUT2D eigenvalue weighted by atomic mass is 19.1. The van der Waals surface area contributed by atoms with Crippen LogP contribution in [0.15, 0.2) is 57.7 Å². The second-order valence-corrected chi connectivity index (χ2v) is 7.54. The van der Waals surface area contributed by atoms with Crippen LogP contribution >= 0.6 is 0 Å². The summed E-state index contributed by atoms with van der Waals surface area (Å²) in [6.45, 7) is 0.728. The number of nitrogens with zero attached hydrogens (tertiary/aromatic N) is 3. The number of aryl methyl sites for hydroxylation is 1. The number of carbonyl (C=O) groups is 1. The maximum absolute atomic E-state index is 14.6. The quantitative estimate of drug-likeness (QED) is 0.505. The van der Waals surface area contributed by atoms with Crippen molar-refractivity contribution < 1.29 is 13.6 Å². The SMILES string of the molecule is O=C(Nc1ccc(F)c(-c2nnc3n2CCCCC3)c1)c1cc2ccccc2oc1=O. The number of anilines is 1. The van der Waals surface area contributed by atoms with Gasteiger partial charge in [-0.3, -0.25) is 4.79 Å². The van der Waals surface area contributed by atoms with Crippen LogP contribution < -0.4 is 10.9 Å². The molecule has 0 fully saturated rings. The summed E-state index contributed by atoms with van der Waals surface area (Å²) in [4.78, 5) is 25.0. The summed E-state index contributed by atoms with van der Waals surface area (Å²) >= 11 is 0. The van der Waals surface area contributed by atoms with Crippen LogP contribution in [0.1, 0.15) is 35.4 Å². The molecule has 0 spiro atoms. The number of amides is 1. The number of nitrogens with one attached hydrogen (secondary N) is 1. The molecule has 1 N–H and O–H groups in total. The third kappa shape index (κ3) is 3.61. The molecule has 0 saturated heterocycles. The molecule has 2 aromatic carbocycles. The Kier molecular flexibility index (Phi) is 4.82. The van der Waals surface area contributed by atoms with Crippen molar-refractivity contribution >= 4 is 22.6 Å². The summed E-state index contributed by atoms with van der Waals surface area (Å²) in [5.41, 5.74) is 0.145. The normalized spacial score (nSPS) is 13.6. The molecule has 1 amide bonds. The van der Waals surface area contributed by atoms with Gasteiger partial charge in [-0.05, 0) is 43.2 Å². The van der Waals surface area contributed by atoms with E-state index in [9.17, 15) is 14.0 Å². The van der Waals surface area contributed by atoms with Gasteiger partial charge < -0.3 is 14.3 Å². The molecule has 0 radical (unpaired) electrons. The largest absolute Gasteiger partial charge is 0.422 e. The van der Waals surface area contributed by atoms with Crippen LogP contribution in [0.4, 0.5) is 10.1 Å². The van der Waals surface area contributed by atoms with E-state index in [0.717, 1.165) is 38.1 Å². The van der Waals surface area contributed by atoms with E-state index in [1.54, 1.807) is 24.3 Å². The van der Waals surface area contributed by atoms with Gasteiger partial charge in [0.15, 0.2) is 5.82 Å². The van der Waals surface area contributed by atoms with E-state index in [1.807, 2.05) is 4.57 Å². The first kappa shape index (κ1) is 19.2. The molecule has 0 aliphatic carbocycles. The maximum Gasteiger partial charge on any atom is 0.349 e. The van der Waals surface area contributed by atoms with Gasteiger partial charge in [-0.2, -0.15) is 0 Å². The van der Waals surface area contributed by atoms with Crippen molar-refractivity contribution in [3.8, 4) is 11.4 Å². The van der Waals surface area contributed by atoms with Gasteiger partial charge >= 0.3 is 5.63 Å². The predicted octanol–water partition coefficient (Wildman–Crippen LogP) is 4.17. The highest BCUT2D eigenvalue weighted by Gasteiger charge is 2.20. The van der Waals surface area contributed by atoms with Crippen molar-refractivity contribution in [3.63, 3.8) is 0 Å². The lowest BCUT2D eigenvalue weighted by atomic mass is 10.1. The van der Waals surface area contributed by atoms with Crippen molar-refractivity contribution in [2.24, 2.45) is 0 Å². The number of para-hydroxylation sites is 1. The minimum absolute atomic E-state index is 0.124. The fraction of sp³-hybridized carbons (Fsp3) is 0.217. The zero-order valence-electron chi connectivity index (χ0n) is 16.6. The lowest BCUT2D eigenvalue weighted by Gasteiger charge is -2.10. The molecule has 1 aliphatic rings. The van der Waals surface area contributed by atoms with Gasteiger partial charge in [0.25, 0.3) is 5.91 Å². The molecule has 0 saturated carbocycles. The lowest BCUT2D eigenvalue weighted by Crippen LogP contribution is -2.20. The van der Waals surface area contributed by atoms with Crippen LogP contribution in [0.25, 0.3) is 22.4 Å². The number of benzene rings is 2. The van der Waals surface area contributed by atoms with E-state index in [0.29, 0.717) is 22.5 Å². The highest BCUT2D eigenvalue weighted by molar-refractivity contribution is 6.05. The molecule has 3 heterocycles. The topological polar surface area (TPSA) is 90.0 Å². The molecule has 4 aromatic rings. The van der Waals surface area contributed by atoms with E-state index in [2.05, 4.69) is 15.5 Å². The Labute approximate surface area is 176 Å². The molecule has 0 atom stereocenters. The smallest absolute Gasteiger partial charge is 0.349 e. The van der Waals surface area contributed by atoms with E-state index >= 15 is 0 Å². The molecule has 7 nitrogen and oxygen atoms in total. The van der Waals surface area contributed by atoms with Crippen molar-refractivity contribution in [1.29, 1.82) is 0 Å².